The summed E-state index contributed by atoms with van der Waals surface area (Å²) in [5.74, 6) is 0.802. The minimum atomic E-state index is 0.212. The first kappa shape index (κ1) is 10.9. The minimum Gasteiger partial charge on any atom is -0.508 e. The number of nitrogens with zero attached hydrogens (tertiary/aromatic N) is 4. The van der Waals surface area contributed by atoms with Crippen LogP contribution in [0.3, 0.4) is 0 Å². The van der Waals surface area contributed by atoms with Crippen molar-refractivity contribution in [3.63, 3.8) is 0 Å². The minimum absolute atomic E-state index is 0.212. The molecule has 0 aliphatic carbocycles. The van der Waals surface area contributed by atoms with Gasteiger partial charge in [0.05, 0.1) is 17.2 Å². The van der Waals surface area contributed by atoms with E-state index in [1.54, 1.807) is 36.8 Å². The van der Waals surface area contributed by atoms with E-state index in [2.05, 4.69) is 15.0 Å². The standard InChI is InChI=1S/C15H10N4O/c20-12-1-2-13-11(7-12)8-17-15(18-13)19-6-4-10-3-5-16-9-14(10)19/h1-9,20H. The zero-order valence-corrected chi connectivity index (χ0v) is 10.4. The third-order valence-electron chi connectivity index (χ3n) is 3.26. The molecule has 20 heavy (non-hydrogen) atoms. The Bertz CT molecular complexity index is 929. The molecule has 96 valence electrons. The monoisotopic (exact) mass is 262 g/mol. The Hall–Kier alpha value is -2.95. The first-order valence-electron chi connectivity index (χ1n) is 6.18. The summed E-state index contributed by atoms with van der Waals surface area (Å²) < 4.78 is 1.90. The molecule has 1 aromatic carbocycles. The lowest BCUT2D eigenvalue weighted by Gasteiger charge is -2.04. The van der Waals surface area contributed by atoms with E-state index in [9.17, 15) is 5.11 Å². The van der Waals surface area contributed by atoms with Gasteiger partial charge in [-0.15, -0.1) is 0 Å². The molecule has 5 heteroatoms. The maximum Gasteiger partial charge on any atom is 0.234 e. The van der Waals surface area contributed by atoms with Crippen molar-refractivity contribution in [2.75, 3.05) is 0 Å². The zero-order chi connectivity index (χ0) is 13.5. The highest BCUT2D eigenvalue weighted by Crippen LogP contribution is 2.21. The summed E-state index contributed by atoms with van der Waals surface area (Å²) in [7, 11) is 0. The Morgan fingerprint density at radius 2 is 1.95 bits per heavy atom. The molecule has 0 saturated heterocycles. The fraction of sp³-hybridized carbons (Fsp3) is 0. The molecule has 4 rings (SSSR count). The fourth-order valence-corrected chi connectivity index (χ4v) is 2.28. The molecule has 0 radical (unpaired) electrons. The summed E-state index contributed by atoms with van der Waals surface area (Å²) in [4.78, 5) is 13.0. The van der Waals surface area contributed by atoms with Gasteiger partial charge >= 0.3 is 0 Å². The molecule has 0 aliphatic rings. The SMILES string of the molecule is Oc1ccc2nc(-n3ccc4ccncc43)ncc2c1. The van der Waals surface area contributed by atoms with Crippen molar-refractivity contribution >= 4 is 21.8 Å². The number of aromatic nitrogens is 4. The Balaban J connectivity index is 1.96. The van der Waals surface area contributed by atoms with E-state index in [0.717, 1.165) is 21.8 Å². The summed E-state index contributed by atoms with van der Waals surface area (Å²) in [6.07, 6.45) is 7.18. The number of rotatable bonds is 1. The van der Waals surface area contributed by atoms with Gasteiger partial charge in [0.15, 0.2) is 0 Å². The molecule has 5 nitrogen and oxygen atoms in total. The number of hydrogen-bond donors (Lipinski definition) is 1. The second-order valence-electron chi connectivity index (χ2n) is 4.53. The van der Waals surface area contributed by atoms with Crippen LogP contribution in [0.1, 0.15) is 0 Å². The third-order valence-corrected chi connectivity index (χ3v) is 3.26. The van der Waals surface area contributed by atoms with Crippen LogP contribution < -0.4 is 0 Å². The van der Waals surface area contributed by atoms with Gasteiger partial charge in [0.25, 0.3) is 0 Å². The molecule has 0 bridgehead atoms. The van der Waals surface area contributed by atoms with Crippen molar-refractivity contribution in [3.05, 3.63) is 55.1 Å². The highest BCUT2D eigenvalue weighted by atomic mass is 16.3. The lowest BCUT2D eigenvalue weighted by atomic mass is 10.2. The summed E-state index contributed by atoms with van der Waals surface area (Å²) in [5, 5.41) is 11.4. The Morgan fingerprint density at radius 1 is 1.00 bits per heavy atom. The fourth-order valence-electron chi connectivity index (χ4n) is 2.28. The highest BCUT2D eigenvalue weighted by molar-refractivity contribution is 5.82. The number of fused-ring (bicyclic) bond motifs is 2. The molecule has 0 amide bonds. The van der Waals surface area contributed by atoms with Crippen molar-refractivity contribution in [2.24, 2.45) is 0 Å². The topological polar surface area (TPSA) is 63.8 Å². The van der Waals surface area contributed by atoms with E-state index in [1.165, 1.54) is 0 Å². The van der Waals surface area contributed by atoms with Gasteiger partial charge in [0.1, 0.15) is 5.75 Å². The van der Waals surface area contributed by atoms with Crippen LogP contribution in [0.25, 0.3) is 27.8 Å². The lowest BCUT2D eigenvalue weighted by molar-refractivity contribution is 0.476. The van der Waals surface area contributed by atoms with Gasteiger partial charge in [-0.1, -0.05) is 0 Å². The normalized spacial score (nSPS) is 11.2. The molecular formula is C15H10N4O. The second-order valence-corrected chi connectivity index (χ2v) is 4.53. The van der Waals surface area contributed by atoms with E-state index in [1.807, 2.05) is 22.9 Å². The Kier molecular flexibility index (Phi) is 2.20. The van der Waals surface area contributed by atoms with Gasteiger partial charge < -0.3 is 5.11 Å². The molecule has 3 aromatic heterocycles. The molecule has 0 fully saturated rings. The molecule has 0 spiro atoms. The number of benzene rings is 1. The van der Waals surface area contributed by atoms with Crippen LogP contribution in [-0.4, -0.2) is 24.6 Å². The van der Waals surface area contributed by atoms with Crippen LogP contribution in [0.15, 0.2) is 55.1 Å². The van der Waals surface area contributed by atoms with Crippen molar-refractivity contribution in [1.82, 2.24) is 19.5 Å². The average molecular weight is 262 g/mol. The maximum absolute atomic E-state index is 9.46. The smallest absolute Gasteiger partial charge is 0.234 e. The van der Waals surface area contributed by atoms with Gasteiger partial charge in [0.2, 0.25) is 5.95 Å². The van der Waals surface area contributed by atoms with E-state index in [-0.39, 0.29) is 5.75 Å². The molecule has 0 atom stereocenters. The number of phenolic OH excluding ortho intramolecular Hbond substituents is 1. The quantitative estimate of drug-likeness (QED) is 0.573. The number of aromatic hydroxyl groups is 1. The van der Waals surface area contributed by atoms with E-state index in [0.29, 0.717) is 5.95 Å². The van der Waals surface area contributed by atoms with Crippen molar-refractivity contribution < 1.29 is 5.11 Å². The number of pyridine rings is 1. The first-order chi connectivity index (χ1) is 9.81. The molecule has 0 aliphatic heterocycles. The van der Waals surface area contributed by atoms with Gasteiger partial charge in [-0.2, -0.15) is 0 Å². The van der Waals surface area contributed by atoms with Gasteiger partial charge in [-0.05, 0) is 30.3 Å². The molecule has 4 aromatic rings. The van der Waals surface area contributed by atoms with Crippen LogP contribution in [-0.2, 0) is 0 Å². The van der Waals surface area contributed by atoms with Crippen LogP contribution in [0.4, 0.5) is 0 Å². The summed E-state index contributed by atoms with van der Waals surface area (Å²) in [5.41, 5.74) is 1.75. The van der Waals surface area contributed by atoms with E-state index < -0.39 is 0 Å². The summed E-state index contributed by atoms with van der Waals surface area (Å²) in [6, 6.07) is 9.00. The van der Waals surface area contributed by atoms with Crippen molar-refractivity contribution in [1.29, 1.82) is 0 Å². The molecule has 1 N–H and O–H groups in total. The van der Waals surface area contributed by atoms with Gasteiger partial charge in [-0.3, -0.25) is 9.55 Å². The van der Waals surface area contributed by atoms with Crippen molar-refractivity contribution in [2.45, 2.75) is 0 Å². The maximum atomic E-state index is 9.46. The lowest BCUT2D eigenvalue weighted by Crippen LogP contribution is -1.99. The number of phenols is 1. The van der Waals surface area contributed by atoms with Gasteiger partial charge in [-0.25, -0.2) is 9.97 Å². The summed E-state index contributed by atoms with van der Waals surface area (Å²) >= 11 is 0. The average Bonchev–Trinajstić information content (AvgIpc) is 2.91. The Morgan fingerprint density at radius 3 is 2.90 bits per heavy atom. The molecule has 0 saturated carbocycles. The predicted octanol–water partition coefficient (Wildman–Crippen LogP) is 2.67. The summed E-state index contributed by atoms with van der Waals surface area (Å²) in [6.45, 7) is 0. The molecular weight excluding hydrogens is 252 g/mol. The van der Waals surface area contributed by atoms with E-state index in [4.69, 9.17) is 0 Å². The van der Waals surface area contributed by atoms with E-state index >= 15 is 0 Å². The van der Waals surface area contributed by atoms with Crippen LogP contribution in [0.5, 0.6) is 5.75 Å². The highest BCUT2D eigenvalue weighted by Gasteiger charge is 2.06. The largest absolute Gasteiger partial charge is 0.508 e. The number of hydrogen-bond acceptors (Lipinski definition) is 4. The molecule has 0 unspecified atom stereocenters. The Labute approximate surface area is 114 Å². The van der Waals surface area contributed by atoms with Crippen LogP contribution >= 0.6 is 0 Å². The zero-order valence-electron chi connectivity index (χ0n) is 10.4. The molecule has 3 heterocycles. The third kappa shape index (κ3) is 1.60. The van der Waals surface area contributed by atoms with Crippen LogP contribution in [0, 0.1) is 0 Å². The predicted molar refractivity (Wildman–Crippen MR) is 75.8 cm³/mol. The van der Waals surface area contributed by atoms with Crippen molar-refractivity contribution in [3.8, 4) is 11.7 Å². The first-order valence-corrected chi connectivity index (χ1v) is 6.18. The van der Waals surface area contributed by atoms with Crippen LogP contribution in [0.2, 0.25) is 0 Å². The van der Waals surface area contributed by atoms with Gasteiger partial charge in [0, 0.05) is 29.4 Å². The second kappa shape index (κ2) is 4.03.